The van der Waals surface area contributed by atoms with Crippen LogP contribution in [0.15, 0.2) is 114 Å². The van der Waals surface area contributed by atoms with Gasteiger partial charge in [0.25, 0.3) is 0 Å². The maximum absolute atomic E-state index is 13.2. The number of alkyl halides is 6. The van der Waals surface area contributed by atoms with Crippen molar-refractivity contribution in [3.05, 3.63) is 131 Å². The number of nitrogen functional groups attached to an aromatic ring is 1. The second-order valence-electron chi connectivity index (χ2n) is 17.5. The van der Waals surface area contributed by atoms with Gasteiger partial charge in [-0.1, -0.05) is 45.5 Å². The van der Waals surface area contributed by atoms with E-state index < -0.39 is 23.5 Å². The lowest BCUT2D eigenvalue weighted by atomic mass is 10.2. The molecule has 440 valence electrons. The first kappa shape index (κ1) is 66.9. The van der Waals surface area contributed by atoms with E-state index in [-0.39, 0.29) is 74.3 Å². The number of methoxy groups -OCH3 is 2. The fourth-order valence-electron chi connectivity index (χ4n) is 7.66. The van der Waals surface area contributed by atoms with Crippen molar-refractivity contribution in [1.82, 2.24) is 29.3 Å². The number of anilines is 6. The van der Waals surface area contributed by atoms with E-state index in [1.165, 1.54) is 12.3 Å². The highest BCUT2D eigenvalue weighted by molar-refractivity contribution is 7.78. The summed E-state index contributed by atoms with van der Waals surface area (Å²) in [6, 6.07) is 23.1. The lowest BCUT2D eigenvalue weighted by Crippen LogP contribution is -2.54. The number of fused-ring (bicyclic) bond motifs is 1. The lowest BCUT2D eigenvalue weighted by molar-refractivity contribution is -0.138. The molecule has 9 rings (SSSR count). The number of benzene rings is 4. The molecule has 0 saturated carbocycles. The van der Waals surface area contributed by atoms with E-state index in [9.17, 15) is 35.9 Å². The van der Waals surface area contributed by atoms with Gasteiger partial charge in [-0.05, 0) is 85.0 Å². The Bertz CT molecular complexity index is 3340. The number of halogens is 8. The third-order valence-electron chi connectivity index (χ3n) is 11.8. The minimum Gasteiger partial charge on any atom is -0.457 e. The molecule has 4 aromatic carbocycles. The van der Waals surface area contributed by atoms with Crippen LogP contribution >= 0.6 is 35.4 Å². The topological polar surface area (TPSA) is 208 Å². The van der Waals surface area contributed by atoms with Gasteiger partial charge in [0.15, 0.2) is 0 Å². The number of pyridine rings is 2. The summed E-state index contributed by atoms with van der Waals surface area (Å²) in [5.74, 6) is 2.88. The second-order valence-corrected chi connectivity index (χ2v) is 18.5. The number of aliphatic imine (C=N–C) groups is 1. The minimum absolute atomic E-state index is 0. The number of likely N-dealkylation sites (tertiary alicyclic amines) is 2. The molecule has 2 fully saturated rings. The van der Waals surface area contributed by atoms with Crippen molar-refractivity contribution in [3.8, 4) is 23.0 Å². The third-order valence-corrected chi connectivity index (χ3v) is 12.6. The fraction of sp³-hybridized carbons (Fsp3) is 0.309. The quantitative estimate of drug-likeness (QED) is 0.0264. The van der Waals surface area contributed by atoms with Gasteiger partial charge in [0.2, 0.25) is 17.8 Å². The van der Waals surface area contributed by atoms with Crippen LogP contribution in [0.1, 0.15) is 33.4 Å². The molecule has 27 heteroatoms. The Morgan fingerprint density at radius 1 is 0.695 bits per heavy atom. The molecule has 0 aliphatic carbocycles. The van der Waals surface area contributed by atoms with Crippen LogP contribution in [0.2, 0.25) is 10.0 Å². The monoisotopic (exact) mass is 1200 g/mol. The van der Waals surface area contributed by atoms with E-state index in [1.54, 1.807) is 87.6 Å². The first-order chi connectivity index (χ1) is 37.6. The number of nitrogens with zero attached hydrogens (tertiary/aromatic N) is 7. The zero-order valence-electron chi connectivity index (χ0n) is 42.4. The van der Waals surface area contributed by atoms with Gasteiger partial charge < -0.3 is 50.5 Å². The molecule has 2 amide bonds. The number of isothiocyanates is 1. The summed E-state index contributed by atoms with van der Waals surface area (Å²) in [6.45, 7) is 3.51. The fourth-order valence-corrected chi connectivity index (χ4v) is 8.08. The summed E-state index contributed by atoms with van der Waals surface area (Å²) < 4.78 is 99.9. The SMILES string of the molecule is C.C.C.CNc1ccc(Oc2ccnc(NC(=O)CN3CC(OC)C3)c2)cc1N.COC1CN(CC(=O)Nc2cc(Oc3ccc4c(c3)nc(Nc3cc(C(F)(F)F)ccc3Cl)n4C)ccn2)C1.FC(F)(F)c1ccc(Cl)c(N=C=S)c1. The third kappa shape index (κ3) is 18.5. The maximum atomic E-state index is 13.2. The number of aryl methyl sites for hydroxylation is 1. The Hall–Kier alpha value is -7.61. The first-order valence-electron chi connectivity index (χ1n) is 23.6. The highest BCUT2D eigenvalue weighted by Gasteiger charge is 2.33. The summed E-state index contributed by atoms with van der Waals surface area (Å²) in [6.07, 6.45) is -5.42. The smallest absolute Gasteiger partial charge is 0.416 e. The minimum atomic E-state index is -4.50. The van der Waals surface area contributed by atoms with Crippen LogP contribution in [0.25, 0.3) is 11.0 Å². The largest absolute Gasteiger partial charge is 0.457 e. The number of nitrogens with two attached hydrogens (primary N) is 1. The number of rotatable bonds is 16. The Morgan fingerprint density at radius 2 is 1.18 bits per heavy atom. The van der Waals surface area contributed by atoms with Crippen molar-refractivity contribution in [3.63, 3.8) is 0 Å². The van der Waals surface area contributed by atoms with Crippen LogP contribution in [0.4, 0.5) is 66.7 Å². The molecule has 2 aliphatic heterocycles. The summed E-state index contributed by atoms with van der Waals surface area (Å²) in [7, 11) is 6.86. The van der Waals surface area contributed by atoms with Crippen LogP contribution < -0.4 is 36.5 Å². The average Bonchev–Trinajstić information content (AvgIpc) is 3.90. The average molecular weight is 1200 g/mol. The van der Waals surface area contributed by atoms with Crippen molar-refractivity contribution in [2.75, 3.05) is 87.5 Å². The van der Waals surface area contributed by atoms with Crippen LogP contribution in [-0.4, -0.2) is 119 Å². The van der Waals surface area contributed by atoms with Gasteiger partial charge in [0.05, 0.1) is 85.4 Å². The number of ether oxygens (including phenoxy) is 4. The van der Waals surface area contributed by atoms with Crippen LogP contribution in [0, 0.1) is 0 Å². The molecule has 3 aromatic heterocycles. The standard InChI is InChI=1S/C26H24ClF3N6O3.C18H23N5O3.C8H3ClF3NS.3CH4/c1-35-22-6-4-16(10-21(22)33-25(35)32-20-9-15(26(28,29)30)3-5-19(20)27)39-17-7-8-31-23(11-17)34-24(37)14-36-12-18(13-36)38-2;1-20-16-4-3-12(7-15(16)19)26-13-5-6-21-17(8-13)22-18(24)11-23-9-14(10-23)25-2;9-6-2-1-5(8(10,11)12)3-7(6)13-4-14;;;/h3-11,18H,12-14H2,1-2H3,(H,32,33)(H,31,34,37);3-8,14,20H,9-11,19H2,1-2H3,(H,21,22,24);1-3H;3*1H4. The molecule has 2 saturated heterocycles. The molecule has 6 N–H and O–H groups in total. The van der Waals surface area contributed by atoms with Crippen molar-refractivity contribution in [2.24, 2.45) is 12.0 Å². The number of thiocarbonyl (C=S) groups is 1. The lowest BCUT2D eigenvalue weighted by Gasteiger charge is -2.37. The number of nitrogens with one attached hydrogen (secondary N) is 4. The Kier molecular flexibility index (Phi) is 24.4. The van der Waals surface area contributed by atoms with Gasteiger partial charge in [0, 0.05) is 91.2 Å². The van der Waals surface area contributed by atoms with Crippen molar-refractivity contribution in [1.29, 1.82) is 0 Å². The van der Waals surface area contributed by atoms with Gasteiger partial charge in [-0.25, -0.2) is 15.0 Å². The van der Waals surface area contributed by atoms with Crippen molar-refractivity contribution >= 4 is 104 Å². The summed E-state index contributed by atoms with van der Waals surface area (Å²) in [5.41, 5.74) is 7.05. The van der Waals surface area contributed by atoms with Gasteiger partial charge in [-0.3, -0.25) is 19.4 Å². The normalized spacial score (nSPS) is 13.3. The molecule has 18 nitrogen and oxygen atoms in total. The summed E-state index contributed by atoms with van der Waals surface area (Å²) in [4.78, 5) is 44.7. The molecule has 2 aliphatic rings. The number of hydrogen-bond donors (Lipinski definition) is 5. The van der Waals surface area contributed by atoms with Crippen molar-refractivity contribution in [2.45, 2.75) is 46.8 Å². The molecular formula is C55H62Cl2F6N12O6S. The van der Waals surface area contributed by atoms with Gasteiger partial charge in [0.1, 0.15) is 34.6 Å². The van der Waals surface area contributed by atoms with E-state index in [0.717, 1.165) is 54.6 Å². The molecule has 0 bridgehead atoms. The number of aromatic nitrogens is 4. The number of amides is 2. The van der Waals surface area contributed by atoms with E-state index >= 15 is 0 Å². The van der Waals surface area contributed by atoms with E-state index in [1.807, 2.05) is 27.1 Å². The molecule has 7 aromatic rings. The Labute approximate surface area is 485 Å². The highest BCUT2D eigenvalue weighted by Crippen LogP contribution is 2.37. The number of carbonyl (C=O) groups excluding carboxylic acids is 2. The Morgan fingerprint density at radius 3 is 1.67 bits per heavy atom. The van der Waals surface area contributed by atoms with Gasteiger partial charge >= 0.3 is 12.4 Å². The first-order valence-corrected chi connectivity index (χ1v) is 24.8. The van der Waals surface area contributed by atoms with E-state index in [0.29, 0.717) is 71.4 Å². The number of hydrogen-bond acceptors (Lipinski definition) is 16. The van der Waals surface area contributed by atoms with Crippen LogP contribution in [0.3, 0.4) is 0 Å². The Balaban J connectivity index is 0.000000290. The van der Waals surface area contributed by atoms with E-state index in [4.69, 9.17) is 47.9 Å². The van der Waals surface area contributed by atoms with E-state index in [2.05, 4.69) is 53.4 Å². The molecule has 0 atom stereocenters. The predicted molar refractivity (Wildman–Crippen MR) is 313 cm³/mol. The maximum Gasteiger partial charge on any atom is 0.416 e. The molecule has 0 spiro atoms. The predicted octanol–water partition coefficient (Wildman–Crippen LogP) is 13.2. The molecule has 82 heavy (non-hydrogen) atoms. The molecular weight excluding hydrogens is 1140 g/mol. The van der Waals surface area contributed by atoms with Crippen LogP contribution in [-0.2, 0) is 38.5 Å². The van der Waals surface area contributed by atoms with Gasteiger partial charge in [-0.15, -0.1) is 0 Å². The summed E-state index contributed by atoms with van der Waals surface area (Å²) in [5, 5.41) is 13.6. The zero-order valence-corrected chi connectivity index (χ0v) is 44.7. The molecule has 0 unspecified atom stereocenters. The number of carbonyl (C=O) groups is 2. The highest BCUT2D eigenvalue weighted by atomic mass is 35.5. The molecule has 0 radical (unpaired) electrons. The zero-order chi connectivity index (χ0) is 57.0. The summed E-state index contributed by atoms with van der Waals surface area (Å²) >= 11 is 16.0. The molecule has 5 heterocycles. The second kappa shape index (κ2) is 29.9. The van der Waals surface area contributed by atoms with Crippen LogP contribution in [0.5, 0.6) is 23.0 Å². The number of imidazole rings is 1. The van der Waals surface area contributed by atoms with Crippen molar-refractivity contribution < 1.29 is 54.9 Å². The van der Waals surface area contributed by atoms with Gasteiger partial charge in [-0.2, -0.15) is 31.3 Å².